The molecule has 3 fully saturated rings. The highest BCUT2D eigenvalue weighted by molar-refractivity contribution is 9.09. The molecule has 2 N–H and O–H groups in total. The maximum atomic E-state index is 13.9. The fraction of sp³-hybridized carbons (Fsp3) is 0.762. The lowest BCUT2D eigenvalue weighted by molar-refractivity contribution is -0.153. The number of carbonyl (C=O) groups excluding carboxylic acids is 2. The van der Waals surface area contributed by atoms with E-state index in [2.05, 4.69) is 22.5 Å². The Hall–Kier alpha value is -1.45. The van der Waals surface area contributed by atoms with Crippen molar-refractivity contribution < 1.29 is 29.3 Å². The molecule has 168 valence electrons. The lowest BCUT2D eigenvalue weighted by Crippen LogP contribution is -2.59. The van der Waals surface area contributed by atoms with E-state index in [-0.39, 0.29) is 23.4 Å². The van der Waals surface area contributed by atoms with Crippen LogP contribution < -0.4 is 0 Å². The van der Waals surface area contributed by atoms with E-state index in [0.717, 1.165) is 12.8 Å². The van der Waals surface area contributed by atoms with Crippen LogP contribution in [0.2, 0.25) is 0 Å². The third-order valence-electron chi connectivity index (χ3n) is 6.83. The number of carbonyl (C=O) groups is 3. The van der Waals surface area contributed by atoms with Crippen LogP contribution in [-0.2, 0) is 19.1 Å². The molecule has 0 saturated carbocycles. The van der Waals surface area contributed by atoms with Gasteiger partial charge in [0.05, 0.1) is 30.6 Å². The van der Waals surface area contributed by atoms with Crippen molar-refractivity contribution >= 4 is 33.7 Å². The second-order valence-electron chi connectivity index (χ2n) is 8.70. The summed E-state index contributed by atoms with van der Waals surface area (Å²) < 4.78 is 6.22. The van der Waals surface area contributed by atoms with Crippen molar-refractivity contribution in [2.75, 3.05) is 13.2 Å². The van der Waals surface area contributed by atoms with Gasteiger partial charge in [0.15, 0.2) is 0 Å². The van der Waals surface area contributed by atoms with Gasteiger partial charge in [0.2, 0.25) is 11.8 Å². The van der Waals surface area contributed by atoms with Crippen LogP contribution in [0.3, 0.4) is 0 Å². The monoisotopic (exact) mass is 486 g/mol. The summed E-state index contributed by atoms with van der Waals surface area (Å²) in [5.41, 5.74) is -1.22. The smallest absolute Gasteiger partial charge is 0.310 e. The number of aliphatic hydroxyl groups is 1. The third kappa shape index (κ3) is 3.29. The van der Waals surface area contributed by atoms with Crippen molar-refractivity contribution in [2.45, 2.75) is 74.7 Å². The van der Waals surface area contributed by atoms with E-state index >= 15 is 0 Å². The molecule has 0 aliphatic carbocycles. The Morgan fingerprint density at radius 1 is 1.47 bits per heavy atom. The van der Waals surface area contributed by atoms with Gasteiger partial charge in [-0.15, -0.1) is 6.58 Å². The first-order valence-corrected chi connectivity index (χ1v) is 11.5. The number of hydrogen-bond donors (Lipinski definition) is 2. The van der Waals surface area contributed by atoms with Crippen LogP contribution in [0.4, 0.5) is 0 Å². The Labute approximate surface area is 185 Å². The maximum Gasteiger partial charge on any atom is 0.310 e. The summed E-state index contributed by atoms with van der Waals surface area (Å²) in [7, 11) is 0. The molecule has 0 radical (unpaired) electrons. The Bertz CT molecular complexity index is 732. The largest absolute Gasteiger partial charge is 0.481 e. The van der Waals surface area contributed by atoms with Gasteiger partial charge >= 0.3 is 5.97 Å². The van der Waals surface area contributed by atoms with E-state index in [1.807, 2.05) is 13.8 Å². The number of carboxylic acids is 1. The highest BCUT2D eigenvalue weighted by Crippen LogP contribution is 2.60. The van der Waals surface area contributed by atoms with Crippen molar-refractivity contribution in [2.24, 2.45) is 11.8 Å². The second-order valence-corrected chi connectivity index (χ2v) is 9.87. The van der Waals surface area contributed by atoms with Crippen LogP contribution in [0.15, 0.2) is 12.7 Å². The van der Waals surface area contributed by atoms with Crippen molar-refractivity contribution in [3.63, 3.8) is 0 Å². The zero-order valence-electron chi connectivity index (χ0n) is 17.7. The number of aliphatic carboxylic acids is 1. The Balaban J connectivity index is 2.09. The van der Waals surface area contributed by atoms with Crippen LogP contribution in [0, 0.1) is 11.8 Å². The van der Waals surface area contributed by atoms with E-state index in [1.165, 1.54) is 4.90 Å². The molecule has 9 heteroatoms. The van der Waals surface area contributed by atoms with Gasteiger partial charge in [-0.2, -0.15) is 0 Å². The van der Waals surface area contributed by atoms with Crippen LogP contribution >= 0.6 is 15.9 Å². The van der Waals surface area contributed by atoms with Crippen LogP contribution in [0.1, 0.15) is 40.0 Å². The number of fused-ring (bicyclic) bond motifs is 1. The van der Waals surface area contributed by atoms with E-state index in [4.69, 9.17) is 4.74 Å². The average molecular weight is 487 g/mol. The molecule has 3 rings (SSSR count). The number of rotatable bonds is 9. The number of halogens is 1. The van der Waals surface area contributed by atoms with Crippen LogP contribution in [0.5, 0.6) is 0 Å². The first kappa shape index (κ1) is 23.2. The third-order valence-corrected chi connectivity index (χ3v) is 7.68. The van der Waals surface area contributed by atoms with E-state index in [9.17, 15) is 24.6 Å². The molecule has 8 nitrogen and oxygen atoms in total. The summed E-state index contributed by atoms with van der Waals surface area (Å²) in [5, 5.41) is 19.6. The van der Waals surface area contributed by atoms with Gasteiger partial charge in [0, 0.05) is 17.4 Å². The molecule has 0 aromatic carbocycles. The highest BCUT2D eigenvalue weighted by Gasteiger charge is 2.77. The number of aliphatic hydroxyl groups excluding tert-OH is 1. The fourth-order valence-electron chi connectivity index (χ4n) is 5.55. The quantitative estimate of drug-likeness (QED) is 0.376. The highest BCUT2D eigenvalue weighted by atomic mass is 79.9. The Morgan fingerprint density at radius 2 is 2.13 bits per heavy atom. The van der Waals surface area contributed by atoms with E-state index in [0.29, 0.717) is 13.0 Å². The Kier molecular flexibility index (Phi) is 6.65. The lowest BCUT2D eigenvalue weighted by atomic mass is 9.70. The summed E-state index contributed by atoms with van der Waals surface area (Å²) >= 11 is 3.52. The first-order chi connectivity index (χ1) is 14.2. The van der Waals surface area contributed by atoms with Gasteiger partial charge in [-0.05, 0) is 26.7 Å². The summed E-state index contributed by atoms with van der Waals surface area (Å²) in [6.45, 7) is 9.41. The molecule has 2 amide bonds. The number of nitrogens with zero attached hydrogens (tertiary/aromatic N) is 2. The fourth-order valence-corrected chi connectivity index (χ4v) is 6.49. The van der Waals surface area contributed by atoms with Gasteiger partial charge in [-0.25, -0.2) is 0 Å². The molecule has 2 unspecified atom stereocenters. The summed E-state index contributed by atoms with van der Waals surface area (Å²) in [6, 6.07) is -1.69. The van der Waals surface area contributed by atoms with Gasteiger partial charge in [0.1, 0.15) is 11.6 Å². The standard InChI is InChI=1S/C21H31BrN2O6/c1-5-7-11(3)23(8-6-2)19(27)17-21-9-13(22)16(30-21)14(20(28)29)15(21)18(26)24(17)12(4)10-25/h6,11-17,25H,2,5,7-10H2,1,3-4H3,(H,28,29)/t11?,12-,13?,14-,15+,16-,17-,21+/m1/s1. The normalized spacial score (nSPS) is 36.5. The molecule has 2 bridgehead atoms. The Morgan fingerprint density at radius 3 is 2.67 bits per heavy atom. The molecular formula is C21H31BrN2O6. The van der Waals surface area contributed by atoms with Crippen LogP contribution in [-0.4, -0.2) is 85.6 Å². The number of ether oxygens (including phenoxy) is 1. The number of hydrogen-bond acceptors (Lipinski definition) is 5. The minimum atomic E-state index is -1.22. The summed E-state index contributed by atoms with van der Waals surface area (Å²) in [4.78, 5) is 42.2. The minimum absolute atomic E-state index is 0.0778. The molecule has 3 aliphatic heterocycles. The zero-order valence-corrected chi connectivity index (χ0v) is 19.2. The average Bonchev–Trinajstić information content (AvgIpc) is 3.28. The molecule has 1 spiro atoms. The molecule has 8 atom stereocenters. The van der Waals surface area contributed by atoms with Gasteiger partial charge < -0.3 is 24.7 Å². The predicted molar refractivity (Wildman–Crippen MR) is 113 cm³/mol. The van der Waals surface area contributed by atoms with Crippen molar-refractivity contribution in [1.82, 2.24) is 9.80 Å². The first-order valence-electron chi connectivity index (χ1n) is 10.5. The molecule has 0 aromatic rings. The zero-order chi connectivity index (χ0) is 22.4. The molecule has 3 saturated heterocycles. The summed E-state index contributed by atoms with van der Waals surface area (Å²) in [6.07, 6.45) is 3.02. The van der Waals surface area contributed by atoms with Crippen molar-refractivity contribution in [3.8, 4) is 0 Å². The SMILES string of the molecule is C=CCN(C(=O)[C@H]1N([C@H](C)CO)C(=O)[C@@H]2[C@@H](C(=O)O)[C@@H]3O[C@@]21CC3Br)C(C)CCC. The minimum Gasteiger partial charge on any atom is -0.481 e. The van der Waals surface area contributed by atoms with Crippen molar-refractivity contribution in [1.29, 1.82) is 0 Å². The van der Waals surface area contributed by atoms with Crippen molar-refractivity contribution in [3.05, 3.63) is 12.7 Å². The lowest BCUT2D eigenvalue weighted by Gasteiger charge is -2.40. The topological polar surface area (TPSA) is 107 Å². The number of alkyl halides is 1. The summed E-state index contributed by atoms with van der Waals surface area (Å²) in [5.74, 6) is -3.77. The second kappa shape index (κ2) is 8.59. The number of amides is 2. The van der Waals surface area contributed by atoms with E-state index < -0.39 is 47.5 Å². The van der Waals surface area contributed by atoms with Gasteiger partial charge in [-0.3, -0.25) is 14.4 Å². The predicted octanol–water partition coefficient (Wildman–Crippen LogP) is 1.40. The number of likely N-dealkylation sites (tertiary alicyclic amines) is 1. The molecule has 3 aliphatic rings. The molecule has 3 heterocycles. The molecular weight excluding hydrogens is 456 g/mol. The molecule has 30 heavy (non-hydrogen) atoms. The van der Waals surface area contributed by atoms with Crippen LogP contribution in [0.25, 0.3) is 0 Å². The van der Waals surface area contributed by atoms with E-state index in [1.54, 1.807) is 17.9 Å². The maximum absolute atomic E-state index is 13.9. The van der Waals surface area contributed by atoms with Gasteiger partial charge in [0.25, 0.3) is 0 Å². The van der Waals surface area contributed by atoms with Gasteiger partial charge in [-0.1, -0.05) is 35.4 Å². The number of carboxylic acid groups (broad SMARTS) is 1. The molecule has 0 aromatic heterocycles.